The minimum Gasteiger partial charge on any atom is -0.287 e. The third-order valence-corrected chi connectivity index (χ3v) is 1.04. The number of hydrogen-bond donors (Lipinski definition) is 0. The highest BCUT2D eigenvalue weighted by Gasteiger charge is 2.03. The van der Waals surface area contributed by atoms with Crippen LogP contribution in [0.4, 0.5) is 0 Å². The Kier molecular flexibility index (Phi) is 1.30. The zero-order valence-electron chi connectivity index (χ0n) is 4.00. The van der Waals surface area contributed by atoms with Crippen LogP contribution in [0, 0.1) is 0 Å². The summed E-state index contributed by atoms with van der Waals surface area (Å²) in [4.78, 5) is 14.2. The van der Waals surface area contributed by atoms with Crippen molar-refractivity contribution in [1.82, 2.24) is 0 Å². The Morgan fingerprint density at radius 3 is 2.75 bits per heavy atom. The lowest BCUT2D eigenvalue weighted by atomic mass is 10.3. The van der Waals surface area contributed by atoms with Crippen LogP contribution in [0.5, 0.6) is 0 Å². The minimum absolute atomic E-state index is 0.146. The Bertz CT molecular complexity index is 171. The zero-order chi connectivity index (χ0) is 5.98. The van der Waals surface area contributed by atoms with Gasteiger partial charge >= 0.3 is 0 Å². The fraction of sp³-hybridized carbons (Fsp3) is 0. The second-order valence-electron chi connectivity index (χ2n) is 1.31. The van der Waals surface area contributed by atoms with Gasteiger partial charge in [0.2, 0.25) is 5.78 Å². The van der Waals surface area contributed by atoms with Gasteiger partial charge in [0, 0.05) is 6.21 Å². The van der Waals surface area contributed by atoms with Gasteiger partial charge in [0.25, 0.3) is 0 Å². The second-order valence-corrected chi connectivity index (χ2v) is 1.69. The van der Waals surface area contributed by atoms with Gasteiger partial charge < -0.3 is 0 Å². The molecule has 0 amide bonds. The summed E-state index contributed by atoms with van der Waals surface area (Å²) >= 11 is 4.53. The van der Waals surface area contributed by atoms with Crippen LogP contribution in [0.2, 0.25) is 0 Å². The Morgan fingerprint density at radius 2 is 2.38 bits per heavy atom. The number of dihydropyridines is 1. The van der Waals surface area contributed by atoms with Crippen molar-refractivity contribution < 1.29 is 4.79 Å². The lowest BCUT2D eigenvalue weighted by Crippen LogP contribution is -2.07. The molecule has 1 heterocycles. The third kappa shape index (κ3) is 0.869. The first-order valence-electron chi connectivity index (χ1n) is 2.10. The molecule has 0 N–H and O–H groups in total. The van der Waals surface area contributed by atoms with Crippen molar-refractivity contribution in [2.24, 2.45) is 4.99 Å². The van der Waals surface area contributed by atoms with E-state index in [0.29, 0.717) is 0 Å². The van der Waals surface area contributed by atoms with E-state index in [2.05, 4.69) is 17.2 Å². The van der Waals surface area contributed by atoms with Gasteiger partial charge in [0.1, 0.15) is 0 Å². The van der Waals surface area contributed by atoms with Crippen LogP contribution in [0.3, 0.4) is 0 Å². The van der Waals surface area contributed by atoms with Crippen molar-refractivity contribution in [2.45, 2.75) is 0 Å². The molecule has 0 aromatic rings. The summed E-state index contributed by atoms with van der Waals surface area (Å²) in [5.41, 5.74) is 0. The van der Waals surface area contributed by atoms with Gasteiger partial charge in [-0.05, 0) is 12.2 Å². The first-order valence-corrected chi connectivity index (χ1v) is 2.50. The smallest absolute Gasteiger partial charge is 0.215 e. The molecular weight excluding hydrogens is 122 g/mol. The number of allylic oxidation sites excluding steroid dienone is 1. The predicted octanol–water partition coefficient (Wildman–Crippen LogP) is 0.523. The molecule has 0 radical (unpaired) electrons. The second kappa shape index (κ2) is 1.96. The topological polar surface area (TPSA) is 29.4 Å². The van der Waals surface area contributed by atoms with Crippen molar-refractivity contribution in [3.63, 3.8) is 0 Å². The third-order valence-electron chi connectivity index (χ3n) is 0.736. The molecule has 0 aliphatic carbocycles. The molecule has 0 atom stereocenters. The Labute approximate surface area is 51.9 Å². The SMILES string of the molecule is O=C1C=CC=NC1=S. The maximum absolute atomic E-state index is 10.5. The van der Waals surface area contributed by atoms with Crippen LogP contribution in [-0.4, -0.2) is 17.0 Å². The van der Waals surface area contributed by atoms with Crippen LogP contribution in [0.25, 0.3) is 0 Å². The molecule has 0 spiro atoms. The van der Waals surface area contributed by atoms with E-state index in [1.54, 1.807) is 6.08 Å². The largest absolute Gasteiger partial charge is 0.287 e. The summed E-state index contributed by atoms with van der Waals surface area (Å²) in [5.74, 6) is -0.178. The molecule has 40 valence electrons. The first kappa shape index (κ1) is 5.31. The maximum Gasteiger partial charge on any atom is 0.215 e. The summed E-state index contributed by atoms with van der Waals surface area (Å²) in [5, 5.41) is 0. The van der Waals surface area contributed by atoms with Crippen LogP contribution in [0.15, 0.2) is 17.1 Å². The van der Waals surface area contributed by atoms with Gasteiger partial charge in [0.05, 0.1) is 0 Å². The summed E-state index contributed by atoms with van der Waals surface area (Å²) in [6.07, 6.45) is 4.47. The molecule has 0 unspecified atom stereocenters. The lowest BCUT2D eigenvalue weighted by Gasteiger charge is -1.91. The number of rotatable bonds is 0. The summed E-state index contributed by atoms with van der Waals surface area (Å²) < 4.78 is 0. The number of aliphatic imine (C=N–C) groups is 1. The summed E-state index contributed by atoms with van der Waals surface area (Å²) in [6.45, 7) is 0. The summed E-state index contributed by atoms with van der Waals surface area (Å²) in [6, 6.07) is 0. The van der Waals surface area contributed by atoms with E-state index in [0.717, 1.165) is 0 Å². The number of thiocarbonyl (C=S) groups is 1. The van der Waals surface area contributed by atoms with Gasteiger partial charge in [-0.15, -0.1) is 0 Å². The van der Waals surface area contributed by atoms with Crippen molar-refractivity contribution in [3.8, 4) is 0 Å². The Hall–Kier alpha value is -0.830. The molecule has 8 heavy (non-hydrogen) atoms. The Balaban J connectivity index is 2.89. The molecule has 2 nitrogen and oxygen atoms in total. The standard InChI is InChI=1S/C5H3NOS/c7-4-2-1-3-6-5(4)8/h1-3H. The van der Waals surface area contributed by atoms with Gasteiger partial charge in [0.15, 0.2) is 4.99 Å². The molecule has 0 saturated carbocycles. The predicted molar refractivity (Wildman–Crippen MR) is 35.2 cm³/mol. The normalized spacial score (nSPS) is 17.5. The fourth-order valence-electron chi connectivity index (χ4n) is 0.376. The van der Waals surface area contributed by atoms with Crippen molar-refractivity contribution in [3.05, 3.63) is 12.2 Å². The molecule has 0 saturated heterocycles. The molecule has 1 aliphatic heterocycles. The average molecular weight is 125 g/mol. The molecular formula is C5H3NOS. The first-order chi connectivity index (χ1) is 3.80. The van der Waals surface area contributed by atoms with Crippen LogP contribution in [0.1, 0.15) is 0 Å². The number of ketones is 1. The van der Waals surface area contributed by atoms with E-state index in [1.807, 2.05) is 0 Å². The van der Waals surface area contributed by atoms with Gasteiger partial charge in [-0.3, -0.25) is 4.79 Å². The molecule has 0 fully saturated rings. The highest BCUT2D eigenvalue weighted by molar-refractivity contribution is 7.82. The van der Waals surface area contributed by atoms with Gasteiger partial charge in [-0.2, -0.15) is 0 Å². The van der Waals surface area contributed by atoms with E-state index in [-0.39, 0.29) is 10.8 Å². The summed E-state index contributed by atoms with van der Waals surface area (Å²) in [7, 11) is 0. The van der Waals surface area contributed by atoms with E-state index in [9.17, 15) is 4.79 Å². The van der Waals surface area contributed by atoms with Crippen LogP contribution in [-0.2, 0) is 4.79 Å². The Morgan fingerprint density at radius 1 is 1.62 bits per heavy atom. The average Bonchev–Trinajstić information content (AvgIpc) is 1.77. The van der Waals surface area contributed by atoms with E-state index < -0.39 is 0 Å². The molecule has 0 aromatic carbocycles. The van der Waals surface area contributed by atoms with Crippen LogP contribution < -0.4 is 0 Å². The molecule has 3 heteroatoms. The molecule has 0 bridgehead atoms. The quantitative estimate of drug-likeness (QED) is 0.442. The van der Waals surface area contributed by atoms with E-state index in [1.165, 1.54) is 12.3 Å². The molecule has 0 aromatic heterocycles. The lowest BCUT2D eigenvalue weighted by molar-refractivity contribution is -0.108. The van der Waals surface area contributed by atoms with Crippen LogP contribution >= 0.6 is 12.2 Å². The number of hydrogen-bond acceptors (Lipinski definition) is 2. The zero-order valence-corrected chi connectivity index (χ0v) is 4.81. The van der Waals surface area contributed by atoms with E-state index >= 15 is 0 Å². The number of nitrogens with zero attached hydrogens (tertiary/aromatic N) is 1. The van der Waals surface area contributed by atoms with Crippen molar-refractivity contribution >= 4 is 29.2 Å². The fourth-order valence-corrected chi connectivity index (χ4v) is 0.505. The molecule has 1 rings (SSSR count). The maximum atomic E-state index is 10.5. The van der Waals surface area contributed by atoms with Gasteiger partial charge in [-0.1, -0.05) is 12.2 Å². The number of carbonyl (C=O) groups excluding carboxylic acids is 1. The molecule has 1 aliphatic rings. The van der Waals surface area contributed by atoms with Crippen molar-refractivity contribution in [1.29, 1.82) is 0 Å². The highest BCUT2D eigenvalue weighted by atomic mass is 32.1. The minimum atomic E-state index is -0.178. The van der Waals surface area contributed by atoms with E-state index in [4.69, 9.17) is 0 Å². The van der Waals surface area contributed by atoms with Gasteiger partial charge in [-0.25, -0.2) is 4.99 Å². The van der Waals surface area contributed by atoms with Crippen molar-refractivity contribution in [2.75, 3.05) is 0 Å². The highest BCUT2D eigenvalue weighted by Crippen LogP contribution is 1.89. The number of carbonyl (C=O) groups is 1. The monoisotopic (exact) mass is 125 g/mol.